The van der Waals surface area contributed by atoms with E-state index in [2.05, 4.69) is 34.2 Å². The Balaban J connectivity index is 1.59. The van der Waals surface area contributed by atoms with E-state index in [1.165, 1.54) is 0 Å². The lowest BCUT2D eigenvalue weighted by Gasteiger charge is -2.32. The normalized spacial score (nSPS) is 23.5. The number of nitrogens with one attached hydrogen (secondary N) is 1. The van der Waals surface area contributed by atoms with Gasteiger partial charge in [0.1, 0.15) is 5.65 Å². The van der Waals surface area contributed by atoms with Gasteiger partial charge in [-0.2, -0.15) is 10.1 Å². The van der Waals surface area contributed by atoms with Crippen LogP contribution < -0.4 is 5.32 Å². The molecule has 3 aromatic rings. The summed E-state index contributed by atoms with van der Waals surface area (Å²) < 4.78 is 9.58. The van der Waals surface area contributed by atoms with Crippen molar-refractivity contribution in [3.63, 3.8) is 0 Å². The highest BCUT2D eigenvalue weighted by molar-refractivity contribution is 6.35. The van der Waals surface area contributed by atoms with Crippen molar-refractivity contribution in [1.82, 2.24) is 24.3 Å². The predicted molar refractivity (Wildman–Crippen MR) is 102 cm³/mol. The summed E-state index contributed by atoms with van der Waals surface area (Å²) in [5.41, 5.74) is 1.43. The number of aryl methyl sites for hydroxylation is 1. The second kappa shape index (κ2) is 6.72. The zero-order valence-corrected chi connectivity index (χ0v) is 16.3. The minimum atomic E-state index is 0.205. The first-order valence-electron chi connectivity index (χ1n) is 8.55. The van der Waals surface area contributed by atoms with Crippen LogP contribution in [0.25, 0.3) is 11.0 Å². The maximum atomic E-state index is 6.33. The monoisotopic (exact) mass is 394 g/mol. The van der Waals surface area contributed by atoms with Crippen LogP contribution in [0.1, 0.15) is 32.7 Å². The molecule has 4 rings (SSSR count). The fourth-order valence-electron chi connectivity index (χ4n) is 3.52. The number of hydrogen-bond acceptors (Lipinski definition) is 5. The Morgan fingerprint density at radius 1 is 1.19 bits per heavy atom. The first-order chi connectivity index (χ1) is 12.4. The van der Waals surface area contributed by atoms with E-state index in [-0.39, 0.29) is 18.2 Å². The molecule has 2 unspecified atom stereocenters. The molecule has 7 nitrogen and oxygen atoms in total. The number of aromatic nitrogens is 5. The average Bonchev–Trinajstić information content (AvgIpc) is 3.07. The average molecular weight is 395 g/mol. The second-order valence-electron chi connectivity index (χ2n) is 6.84. The van der Waals surface area contributed by atoms with Crippen molar-refractivity contribution in [1.29, 1.82) is 0 Å². The van der Waals surface area contributed by atoms with Gasteiger partial charge in [0.15, 0.2) is 5.15 Å². The third kappa shape index (κ3) is 3.26. The van der Waals surface area contributed by atoms with Crippen LogP contribution in [-0.4, -0.2) is 36.5 Å². The maximum Gasteiger partial charge on any atom is 0.229 e. The molecule has 26 heavy (non-hydrogen) atoms. The van der Waals surface area contributed by atoms with Gasteiger partial charge in [0.2, 0.25) is 5.95 Å². The van der Waals surface area contributed by atoms with Crippen LogP contribution in [0.15, 0.2) is 18.6 Å². The van der Waals surface area contributed by atoms with Gasteiger partial charge >= 0.3 is 0 Å². The van der Waals surface area contributed by atoms with E-state index in [4.69, 9.17) is 27.9 Å². The van der Waals surface area contributed by atoms with E-state index in [1.807, 2.05) is 28.7 Å². The summed E-state index contributed by atoms with van der Waals surface area (Å²) in [5.74, 6) is 0.450. The van der Waals surface area contributed by atoms with Crippen molar-refractivity contribution in [2.75, 3.05) is 5.32 Å². The van der Waals surface area contributed by atoms with Gasteiger partial charge in [-0.3, -0.25) is 4.68 Å². The van der Waals surface area contributed by atoms with Gasteiger partial charge in [0.05, 0.1) is 40.5 Å². The predicted octanol–water partition coefficient (Wildman–Crippen LogP) is 4.34. The molecular weight excluding hydrogens is 375 g/mol. The molecule has 0 radical (unpaired) electrons. The number of anilines is 2. The van der Waals surface area contributed by atoms with E-state index >= 15 is 0 Å². The summed E-state index contributed by atoms with van der Waals surface area (Å²) >= 11 is 12.5. The summed E-state index contributed by atoms with van der Waals surface area (Å²) in [6.45, 7) is 4.17. The molecule has 0 bridgehead atoms. The Labute approximate surface area is 161 Å². The van der Waals surface area contributed by atoms with Gasteiger partial charge in [0, 0.05) is 19.4 Å². The largest absolute Gasteiger partial charge is 0.375 e. The molecule has 1 aliphatic heterocycles. The molecular formula is C17H20Cl2N6O. The molecule has 4 heterocycles. The summed E-state index contributed by atoms with van der Waals surface area (Å²) in [6.07, 6.45) is 7.64. The third-order valence-electron chi connectivity index (χ3n) is 4.65. The van der Waals surface area contributed by atoms with Crippen molar-refractivity contribution >= 4 is 45.9 Å². The fraction of sp³-hybridized carbons (Fsp3) is 0.471. The molecule has 0 amide bonds. The van der Waals surface area contributed by atoms with Gasteiger partial charge in [-0.15, -0.1) is 0 Å². The molecule has 1 N–H and O–H groups in total. The van der Waals surface area contributed by atoms with Crippen LogP contribution in [-0.2, 0) is 11.8 Å². The first kappa shape index (κ1) is 17.6. The summed E-state index contributed by atoms with van der Waals surface area (Å²) in [7, 11) is 1.89. The van der Waals surface area contributed by atoms with E-state index in [0.717, 1.165) is 23.9 Å². The highest BCUT2D eigenvalue weighted by Crippen LogP contribution is 2.32. The van der Waals surface area contributed by atoms with Crippen LogP contribution in [0.3, 0.4) is 0 Å². The molecule has 0 aromatic carbocycles. The van der Waals surface area contributed by atoms with E-state index in [9.17, 15) is 0 Å². The standard InChI is InChI=1S/C17H20Cl2N6O/c1-9-4-11(5-10(2)26-9)25-8-14(15(19)23-25)21-17-20-6-12-13(18)7-24(3)16(12)22-17/h6-11H,4-5H2,1-3H3,(H,20,21,22). The molecule has 0 saturated carbocycles. The molecule has 9 heteroatoms. The molecule has 1 fully saturated rings. The minimum absolute atomic E-state index is 0.205. The van der Waals surface area contributed by atoms with Crippen LogP contribution in [0.4, 0.5) is 11.6 Å². The smallest absolute Gasteiger partial charge is 0.229 e. The lowest BCUT2D eigenvalue weighted by molar-refractivity contribution is -0.0506. The molecule has 0 spiro atoms. The summed E-state index contributed by atoms with van der Waals surface area (Å²) in [4.78, 5) is 8.85. The van der Waals surface area contributed by atoms with Gasteiger partial charge in [-0.1, -0.05) is 23.2 Å². The molecule has 138 valence electrons. The number of nitrogens with zero attached hydrogens (tertiary/aromatic N) is 5. The van der Waals surface area contributed by atoms with E-state index < -0.39 is 0 Å². The van der Waals surface area contributed by atoms with Crippen molar-refractivity contribution in [2.24, 2.45) is 7.05 Å². The van der Waals surface area contributed by atoms with Crippen molar-refractivity contribution < 1.29 is 4.74 Å². The number of ether oxygens (including phenoxy) is 1. The molecule has 0 aliphatic carbocycles. The van der Waals surface area contributed by atoms with Gasteiger partial charge in [-0.25, -0.2) is 4.98 Å². The summed E-state index contributed by atoms with van der Waals surface area (Å²) in [5, 5.41) is 9.46. The van der Waals surface area contributed by atoms with Crippen LogP contribution in [0.5, 0.6) is 0 Å². The van der Waals surface area contributed by atoms with E-state index in [0.29, 0.717) is 21.8 Å². The first-order valence-corrected chi connectivity index (χ1v) is 9.31. The lowest BCUT2D eigenvalue weighted by atomic mass is 10.0. The van der Waals surface area contributed by atoms with Gasteiger partial charge in [-0.05, 0) is 26.7 Å². The van der Waals surface area contributed by atoms with Crippen LogP contribution >= 0.6 is 23.2 Å². The highest BCUT2D eigenvalue weighted by Gasteiger charge is 2.27. The Morgan fingerprint density at radius 2 is 1.92 bits per heavy atom. The minimum Gasteiger partial charge on any atom is -0.375 e. The molecule has 1 aliphatic rings. The Hall–Kier alpha value is -1.83. The summed E-state index contributed by atoms with van der Waals surface area (Å²) in [6, 6.07) is 0.261. The quantitative estimate of drug-likeness (QED) is 0.714. The molecule has 3 aromatic heterocycles. The fourth-order valence-corrected chi connectivity index (χ4v) is 3.98. The zero-order valence-electron chi connectivity index (χ0n) is 14.8. The zero-order chi connectivity index (χ0) is 18.4. The number of fused-ring (bicyclic) bond motifs is 1. The number of hydrogen-bond donors (Lipinski definition) is 1. The Morgan fingerprint density at radius 3 is 2.65 bits per heavy atom. The van der Waals surface area contributed by atoms with Gasteiger partial charge < -0.3 is 14.6 Å². The third-order valence-corrected chi connectivity index (χ3v) is 5.23. The highest BCUT2D eigenvalue weighted by atomic mass is 35.5. The molecule has 1 saturated heterocycles. The lowest BCUT2D eigenvalue weighted by Crippen LogP contribution is -2.31. The molecule has 2 atom stereocenters. The topological polar surface area (TPSA) is 69.8 Å². The van der Waals surface area contributed by atoms with E-state index in [1.54, 1.807) is 6.20 Å². The van der Waals surface area contributed by atoms with Gasteiger partial charge in [0.25, 0.3) is 0 Å². The number of halogens is 2. The van der Waals surface area contributed by atoms with Crippen molar-refractivity contribution in [3.8, 4) is 0 Å². The SMILES string of the molecule is CC1CC(n2cc(Nc3ncc4c(Cl)cn(C)c4n3)c(Cl)n2)CC(C)O1. The number of rotatable bonds is 3. The Bertz CT molecular complexity index is 942. The maximum absolute atomic E-state index is 6.33. The Kier molecular flexibility index (Phi) is 4.54. The van der Waals surface area contributed by atoms with Crippen LogP contribution in [0.2, 0.25) is 10.2 Å². The second-order valence-corrected chi connectivity index (χ2v) is 7.61. The van der Waals surface area contributed by atoms with Crippen molar-refractivity contribution in [3.05, 3.63) is 28.8 Å². The van der Waals surface area contributed by atoms with Crippen LogP contribution in [0, 0.1) is 0 Å². The van der Waals surface area contributed by atoms with Crippen molar-refractivity contribution in [2.45, 2.75) is 44.9 Å².